The fourth-order valence-corrected chi connectivity index (χ4v) is 0.917. The summed E-state index contributed by atoms with van der Waals surface area (Å²) in [6.07, 6.45) is -2.88. The monoisotopic (exact) mass is 207 g/mol. The largest absolute Gasteiger partial charge is 0.505 e. The fraction of sp³-hybridized carbons (Fsp3) is 0.143. The molecule has 7 heteroatoms. The Kier molecular flexibility index (Phi) is 2.59. The van der Waals surface area contributed by atoms with E-state index in [9.17, 15) is 18.0 Å². The Morgan fingerprint density at radius 1 is 1.50 bits per heavy atom. The first kappa shape index (κ1) is 10.3. The molecule has 0 radical (unpaired) electrons. The molecule has 0 aromatic carbocycles. The Hall–Kier alpha value is -1.79. The first-order valence-corrected chi connectivity index (χ1v) is 3.34. The van der Waals surface area contributed by atoms with Crippen molar-refractivity contribution >= 4 is 5.97 Å². The lowest BCUT2D eigenvalue weighted by atomic mass is 10.1. The van der Waals surface area contributed by atoms with E-state index >= 15 is 0 Å². The number of aromatic hydroxyl groups is 1. The van der Waals surface area contributed by atoms with E-state index < -0.39 is 35.2 Å². The number of rotatable bonds is 2. The van der Waals surface area contributed by atoms with Crippen LogP contribution in [0.4, 0.5) is 13.2 Å². The van der Waals surface area contributed by atoms with E-state index in [1.54, 1.807) is 0 Å². The smallest absolute Gasteiger partial charge is 0.340 e. The Balaban J connectivity index is 3.50. The summed E-state index contributed by atoms with van der Waals surface area (Å²) in [5, 5.41) is 17.3. The Morgan fingerprint density at radius 2 is 2.07 bits per heavy atom. The molecule has 0 spiro atoms. The maximum Gasteiger partial charge on any atom is 0.340 e. The third kappa shape index (κ3) is 1.61. The highest BCUT2D eigenvalue weighted by molar-refractivity contribution is 5.92. The van der Waals surface area contributed by atoms with Crippen LogP contribution in [0.2, 0.25) is 0 Å². The molecular weight excluding hydrogens is 203 g/mol. The number of halogens is 3. The molecule has 1 aromatic rings. The molecule has 0 aliphatic heterocycles. The van der Waals surface area contributed by atoms with Crippen molar-refractivity contribution in [2.45, 2.75) is 6.43 Å². The van der Waals surface area contributed by atoms with Gasteiger partial charge in [0.15, 0.2) is 0 Å². The van der Waals surface area contributed by atoms with Crippen LogP contribution in [0.3, 0.4) is 0 Å². The third-order valence-corrected chi connectivity index (χ3v) is 1.48. The lowest BCUT2D eigenvalue weighted by molar-refractivity contribution is 0.0677. The number of aromatic carboxylic acids is 1. The molecule has 14 heavy (non-hydrogen) atoms. The second-order valence-corrected chi connectivity index (χ2v) is 2.33. The van der Waals surface area contributed by atoms with Crippen LogP contribution >= 0.6 is 0 Å². The minimum atomic E-state index is -3.35. The number of nitrogens with zero attached hydrogens (tertiary/aromatic N) is 1. The summed E-state index contributed by atoms with van der Waals surface area (Å²) in [5.41, 5.74) is -2.56. The maximum absolute atomic E-state index is 12.7. The van der Waals surface area contributed by atoms with Crippen LogP contribution in [-0.4, -0.2) is 21.2 Å². The van der Waals surface area contributed by atoms with Crippen molar-refractivity contribution in [3.8, 4) is 5.75 Å². The van der Waals surface area contributed by atoms with Crippen LogP contribution in [0.25, 0.3) is 0 Å². The Bertz CT molecular complexity index is 381. The van der Waals surface area contributed by atoms with E-state index in [0.717, 1.165) is 0 Å². The minimum Gasteiger partial charge on any atom is -0.505 e. The highest BCUT2D eigenvalue weighted by atomic mass is 19.3. The van der Waals surface area contributed by atoms with Gasteiger partial charge in [-0.1, -0.05) is 0 Å². The van der Waals surface area contributed by atoms with Gasteiger partial charge >= 0.3 is 5.97 Å². The first-order valence-electron chi connectivity index (χ1n) is 3.34. The summed E-state index contributed by atoms with van der Waals surface area (Å²) in [4.78, 5) is 13.2. The first-order chi connectivity index (χ1) is 6.45. The maximum atomic E-state index is 12.7. The van der Waals surface area contributed by atoms with Crippen molar-refractivity contribution in [3.63, 3.8) is 0 Å². The molecular formula is C7H4F3NO3. The summed E-state index contributed by atoms with van der Waals surface area (Å²) in [5.74, 6) is -4.43. The Labute approximate surface area is 75.6 Å². The summed E-state index contributed by atoms with van der Waals surface area (Å²) in [6, 6.07) is 0. The molecule has 76 valence electrons. The molecule has 0 unspecified atom stereocenters. The van der Waals surface area contributed by atoms with Crippen molar-refractivity contribution in [1.29, 1.82) is 0 Å². The molecule has 0 aliphatic carbocycles. The molecule has 0 aliphatic rings. The van der Waals surface area contributed by atoms with Gasteiger partial charge in [0.05, 0.1) is 11.8 Å². The lowest BCUT2D eigenvalue weighted by Gasteiger charge is -2.06. The quantitative estimate of drug-likeness (QED) is 0.722. The van der Waals surface area contributed by atoms with Crippen LogP contribution in [0.5, 0.6) is 5.75 Å². The van der Waals surface area contributed by atoms with Gasteiger partial charge in [-0.3, -0.25) is 0 Å². The minimum absolute atomic E-state index is 0.463. The van der Waals surface area contributed by atoms with Crippen molar-refractivity contribution in [1.82, 2.24) is 4.98 Å². The molecule has 0 atom stereocenters. The number of hydrogen-bond acceptors (Lipinski definition) is 3. The van der Waals surface area contributed by atoms with Crippen LogP contribution in [0.1, 0.15) is 22.3 Å². The van der Waals surface area contributed by atoms with Gasteiger partial charge in [-0.15, -0.1) is 0 Å². The zero-order chi connectivity index (χ0) is 10.9. The topological polar surface area (TPSA) is 70.4 Å². The molecule has 0 fully saturated rings. The fourth-order valence-electron chi connectivity index (χ4n) is 0.917. The van der Waals surface area contributed by atoms with Gasteiger partial charge in [-0.25, -0.2) is 18.6 Å². The van der Waals surface area contributed by atoms with Crippen molar-refractivity contribution in [3.05, 3.63) is 23.3 Å². The van der Waals surface area contributed by atoms with Crippen LogP contribution < -0.4 is 0 Å². The second-order valence-electron chi connectivity index (χ2n) is 2.33. The van der Waals surface area contributed by atoms with Gasteiger partial charge in [0.2, 0.25) is 5.95 Å². The molecule has 1 rings (SSSR count). The van der Waals surface area contributed by atoms with Crippen LogP contribution in [0.15, 0.2) is 6.20 Å². The van der Waals surface area contributed by atoms with Gasteiger partial charge in [-0.2, -0.15) is 4.39 Å². The van der Waals surface area contributed by atoms with Crippen LogP contribution in [0, 0.1) is 5.95 Å². The molecule has 0 amide bonds. The zero-order valence-electron chi connectivity index (χ0n) is 6.54. The Morgan fingerprint density at radius 3 is 2.43 bits per heavy atom. The number of aromatic nitrogens is 1. The highest BCUT2D eigenvalue weighted by Gasteiger charge is 2.26. The van der Waals surface area contributed by atoms with Gasteiger partial charge in [-0.05, 0) is 0 Å². The molecule has 0 saturated heterocycles. The lowest BCUT2D eigenvalue weighted by Crippen LogP contribution is -2.07. The number of alkyl halides is 2. The van der Waals surface area contributed by atoms with E-state index in [2.05, 4.69) is 4.98 Å². The molecule has 2 N–H and O–H groups in total. The van der Waals surface area contributed by atoms with E-state index in [-0.39, 0.29) is 0 Å². The van der Waals surface area contributed by atoms with E-state index in [1.807, 2.05) is 0 Å². The average Bonchev–Trinajstić information content (AvgIpc) is 2.07. The van der Waals surface area contributed by atoms with Gasteiger partial charge in [0.1, 0.15) is 11.3 Å². The third-order valence-electron chi connectivity index (χ3n) is 1.48. The number of carbonyl (C=O) groups is 1. The van der Waals surface area contributed by atoms with Gasteiger partial charge in [0, 0.05) is 0 Å². The predicted molar refractivity (Wildman–Crippen MR) is 37.8 cm³/mol. The zero-order valence-corrected chi connectivity index (χ0v) is 6.54. The summed E-state index contributed by atoms with van der Waals surface area (Å²) >= 11 is 0. The SMILES string of the molecule is O=C(O)c1c(O)cnc(F)c1C(F)F. The van der Waals surface area contributed by atoms with Gasteiger partial charge in [0.25, 0.3) is 6.43 Å². The van der Waals surface area contributed by atoms with E-state index in [1.165, 1.54) is 0 Å². The number of carboxylic acid groups (broad SMARTS) is 1. The van der Waals surface area contributed by atoms with Crippen molar-refractivity contribution < 1.29 is 28.2 Å². The molecule has 1 heterocycles. The normalized spacial score (nSPS) is 10.6. The molecule has 0 saturated carbocycles. The molecule has 0 bridgehead atoms. The van der Waals surface area contributed by atoms with Crippen molar-refractivity contribution in [2.24, 2.45) is 0 Å². The number of hydrogen-bond donors (Lipinski definition) is 2. The van der Waals surface area contributed by atoms with Gasteiger partial charge < -0.3 is 10.2 Å². The summed E-state index contributed by atoms with van der Waals surface area (Å²) < 4.78 is 37.0. The standard InChI is InChI=1S/C7H4F3NO3/c8-5(9)4-3(7(13)14)2(12)1-11-6(4)10/h1,5,12H,(H,13,14). The molecule has 4 nitrogen and oxygen atoms in total. The molecule has 1 aromatic heterocycles. The summed E-state index contributed by atoms with van der Waals surface area (Å²) in [7, 11) is 0. The highest BCUT2D eigenvalue weighted by Crippen LogP contribution is 2.30. The second kappa shape index (κ2) is 3.52. The van der Waals surface area contributed by atoms with Crippen LogP contribution in [-0.2, 0) is 0 Å². The summed E-state index contributed by atoms with van der Waals surface area (Å²) in [6.45, 7) is 0. The van der Waals surface area contributed by atoms with E-state index in [4.69, 9.17) is 10.2 Å². The predicted octanol–water partition coefficient (Wildman–Crippen LogP) is 1.56. The number of pyridine rings is 1. The number of carboxylic acids is 1. The van der Waals surface area contributed by atoms with Crippen molar-refractivity contribution in [2.75, 3.05) is 0 Å². The average molecular weight is 207 g/mol. The van der Waals surface area contributed by atoms with E-state index in [0.29, 0.717) is 6.20 Å².